The Balaban J connectivity index is 0.000000168. The minimum atomic E-state index is -0.562. The highest BCUT2D eigenvalue weighted by Gasteiger charge is 2.52. The number of thiophene rings is 1. The number of rotatable bonds is 3. The van der Waals surface area contributed by atoms with Crippen LogP contribution in [0, 0.1) is 0 Å². The van der Waals surface area contributed by atoms with Crippen molar-refractivity contribution in [2.24, 2.45) is 0 Å². The van der Waals surface area contributed by atoms with E-state index in [0.29, 0.717) is 11.3 Å². The maximum absolute atomic E-state index is 11.9. The number of nitrogens with one attached hydrogen (secondary N) is 1. The zero-order chi connectivity index (χ0) is 30.3. The predicted molar refractivity (Wildman–Crippen MR) is 162 cm³/mol. The monoisotopic (exact) mass is 588 g/mol. The van der Waals surface area contributed by atoms with Crippen molar-refractivity contribution in [1.29, 1.82) is 0 Å². The molecule has 0 atom stereocenters. The van der Waals surface area contributed by atoms with Crippen molar-refractivity contribution in [3.63, 3.8) is 0 Å². The van der Waals surface area contributed by atoms with Crippen LogP contribution in [-0.4, -0.2) is 65.1 Å². The molecular weight excluding hydrogens is 555 g/mol. The summed E-state index contributed by atoms with van der Waals surface area (Å²) in [6, 6.07) is 8.92. The quantitative estimate of drug-likeness (QED) is 0.265. The Morgan fingerprint density at radius 3 is 2.45 bits per heavy atom. The van der Waals surface area contributed by atoms with Gasteiger partial charge in [0.25, 0.3) is 0 Å². The van der Waals surface area contributed by atoms with Crippen LogP contribution in [0.25, 0.3) is 32.9 Å². The van der Waals surface area contributed by atoms with E-state index in [-0.39, 0.29) is 5.75 Å². The highest BCUT2D eigenvalue weighted by atomic mass is 32.1. The van der Waals surface area contributed by atoms with Crippen LogP contribution in [-0.2, 0) is 14.0 Å². The summed E-state index contributed by atoms with van der Waals surface area (Å²) in [4.78, 5) is 21.2. The van der Waals surface area contributed by atoms with Gasteiger partial charge < -0.3 is 19.2 Å². The Morgan fingerprint density at radius 1 is 1.07 bits per heavy atom. The first-order valence-corrected chi connectivity index (χ1v) is 14.3. The zero-order valence-electron chi connectivity index (χ0n) is 24.6. The number of aromatic nitrogens is 6. The number of H-pyrrole nitrogens is 1. The number of carbonyl (C=O) groups is 1. The largest absolute Gasteiger partial charge is 0.508 e. The molecule has 0 aliphatic carbocycles. The molecular formula is C29H33BN6O5S. The lowest BCUT2D eigenvalue weighted by atomic mass is 9.82. The number of hydrogen-bond donors (Lipinski definition) is 2. The number of phenolic OH excluding ortho intramolecular Hbond substituents is 1. The minimum Gasteiger partial charge on any atom is -0.508 e. The molecule has 0 bridgehead atoms. The normalized spacial score (nSPS) is 15.8. The molecule has 11 nitrogen and oxygen atoms in total. The Kier molecular flexibility index (Phi) is 7.69. The van der Waals surface area contributed by atoms with Gasteiger partial charge in [-0.3, -0.25) is 5.10 Å². The van der Waals surface area contributed by atoms with Crippen molar-refractivity contribution in [2.45, 2.75) is 65.3 Å². The fourth-order valence-corrected chi connectivity index (χ4v) is 4.90. The number of phenols is 1. The zero-order valence-corrected chi connectivity index (χ0v) is 25.4. The second-order valence-electron chi connectivity index (χ2n) is 11.9. The van der Waals surface area contributed by atoms with Crippen molar-refractivity contribution in [3.8, 4) is 28.4 Å². The highest BCUT2D eigenvalue weighted by molar-refractivity contribution is 7.17. The number of nitrogens with zero attached hydrogens (tertiary/aromatic N) is 5. The average Bonchev–Trinajstić information content (AvgIpc) is 3.70. The summed E-state index contributed by atoms with van der Waals surface area (Å²) in [5.74, 6) is 0.791. The van der Waals surface area contributed by atoms with Gasteiger partial charge in [0, 0.05) is 35.2 Å². The summed E-state index contributed by atoms with van der Waals surface area (Å²) in [6.07, 6.45) is 6.18. The molecule has 1 saturated heterocycles. The molecule has 5 aromatic rings. The van der Waals surface area contributed by atoms with Crippen molar-refractivity contribution in [2.75, 3.05) is 0 Å². The number of aromatic hydroxyl groups is 1. The third-order valence-corrected chi connectivity index (χ3v) is 7.80. The third-order valence-electron chi connectivity index (χ3n) is 6.89. The van der Waals surface area contributed by atoms with Crippen LogP contribution in [0.3, 0.4) is 0 Å². The van der Waals surface area contributed by atoms with Crippen LogP contribution >= 0.6 is 11.3 Å². The van der Waals surface area contributed by atoms with Gasteiger partial charge in [-0.15, -0.1) is 11.3 Å². The van der Waals surface area contributed by atoms with Gasteiger partial charge in [-0.2, -0.15) is 14.9 Å². The van der Waals surface area contributed by atoms with E-state index in [1.807, 2.05) is 72.2 Å². The summed E-state index contributed by atoms with van der Waals surface area (Å²) >= 11 is 1.60. The van der Waals surface area contributed by atoms with Gasteiger partial charge >= 0.3 is 13.2 Å². The molecule has 218 valence electrons. The molecule has 0 unspecified atom stereocenters. The molecule has 2 N–H and O–H groups in total. The van der Waals surface area contributed by atoms with Crippen molar-refractivity contribution in [3.05, 3.63) is 60.5 Å². The summed E-state index contributed by atoms with van der Waals surface area (Å²) < 4.78 is 19.3. The van der Waals surface area contributed by atoms with Crippen LogP contribution in [0.2, 0.25) is 0 Å². The van der Waals surface area contributed by atoms with Gasteiger partial charge in [-0.25, -0.2) is 14.8 Å². The summed E-state index contributed by atoms with van der Waals surface area (Å²) in [5, 5.41) is 22.4. The van der Waals surface area contributed by atoms with Crippen LogP contribution in [0.5, 0.6) is 5.75 Å². The van der Waals surface area contributed by atoms with E-state index < -0.39 is 30.0 Å². The average molecular weight is 588 g/mol. The van der Waals surface area contributed by atoms with E-state index in [9.17, 15) is 9.90 Å². The number of aromatic amines is 1. The third kappa shape index (κ3) is 6.23. The van der Waals surface area contributed by atoms with Crippen LogP contribution < -0.4 is 5.46 Å². The number of ether oxygens (including phenoxy) is 1. The smallest absolute Gasteiger partial charge is 0.498 e. The molecule has 1 fully saturated rings. The first kappa shape index (κ1) is 29.4. The second kappa shape index (κ2) is 11.0. The molecule has 1 aliphatic heterocycles. The van der Waals surface area contributed by atoms with E-state index in [0.717, 1.165) is 31.7 Å². The van der Waals surface area contributed by atoms with Crippen molar-refractivity contribution >= 4 is 40.2 Å². The molecule has 0 radical (unpaired) electrons. The van der Waals surface area contributed by atoms with E-state index in [1.165, 1.54) is 0 Å². The Hall–Kier alpha value is -4.07. The fourth-order valence-electron chi connectivity index (χ4n) is 4.06. The van der Waals surface area contributed by atoms with Crippen LogP contribution in [0.15, 0.2) is 60.5 Å². The summed E-state index contributed by atoms with van der Waals surface area (Å²) in [6.45, 7) is 13.3. The van der Waals surface area contributed by atoms with E-state index in [4.69, 9.17) is 14.0 Å². The number of fused-ring (bicyclic) bond motifs is 1. The molecule has 0 amide bonds. The molecule has 1 aromatic carbocycles. The maximum Gasteiger partial charge on any atom is 0.498 e. The first-order chi connectivity index (χ1) is 19.7. The standard InChI is InChI=1S/C15H10N4OS.C14H23BN2O4/c20-11-3-1-2-9(6-11)15-18-12-4-5-21-14(12)13(19-15)10-7-16-17-8-10;1-12(2,3)19-11(18)17-9-10(8-16-17)15-20-13(4,5)14(6,7)21-15/h1-8,20H,(H,16,17);8-9H,1-7H3. The van der Waals surface area contributed by atoms with Crippen molar-refractivity contribution in [1.82, 2.24) is 29.9 Å². The molecule has 0 saturated carbocycles. The Labute approximate surface area is 248 Å². The summed E-state index contributed by atoms with van der Waals surface area (Å²) in [7, 11) is -0.536. The number of carbonyl (C=O) groups excluding carboxylic acids is 1. The highest BCUT2D eigenvalue weighted by Crippen LogP contribution is 2.36. The first-order valence-electron chi connectivity index (χ1n) is 13.4. The molecule has 1 aliphatic rings. The second-order valence-corrected chi connectivity index (χ2v) is 12.8. The van der Waals surface area contributed by atoms with Gasteiger partial charge in [-0.1, -0.05) is 12.1 Å². The van der Waals surface area contributed by atoms with Crippen LogP contribution in [0.1, 0.15) is 48.5 Å². The molecule has 0 spiro atoms. The van der Waals surface area contributed by atoms with Gasteiger partial charge in [0.2, 0.25) is 0 Å². The van der Waals surface area contributed by atoms with E-state index >= 15 is 0 Å². The molecule has 6 rings (SSSR count). The lowest BCUT2D eigenvalue weighted by molar-refractivity contribution is 0.00578. The minimum absolute atomic E-state index is 0.200. The van der Waals surface area contributed by atoms with E-state index in [2.05, 4.69) is 25.3 Å². The SMILES string of the molecule is CC(C)(C)OC(=O)n1cc(B2OC(C)(C)C(C)(C)O2)cn1.Oc1cccc(-c2nc(-c3cn[nH]c3)c3sccc3n2)c1. The fraction of sp³-hybridized carbons (Fsp3) is 0.345. The molecule has 42 heavy (non-hydrogen) atoms. The molecule has 4 aromatic heterocycles. The lowest BCUT2D eigenvalue weighted by Crippen LogP contribution is -2.41. The molecule has 13 heteroatoms. The Morgan fingerprint density at radius 2 is 1.81 bits per heavy atom. The number of hydrogen-bond acceptors (Lipinski definition) is 10. The number of benzene rings is 1. The summed E-state index contributed by atoms with van der Waals surface area (Å²) in [5.41, 5.74) is 2.73. The van der Waals surface area contributed by atoms with Gasteiger partial charge in [-0.05, 0) is 72.0 Å². The predicted octanol–water partition coefficient (Wildman–Crippen LogP) is 5.42. The van der Waals surface area contributed by atoms with Crippen molar-refractivity contribution < 1.29 is 23.9 Å². The van der Waals surface area contributed by atoms with Gasteiger partial charge in [0.1, 0.15) is 11.4 Å². The van der Waals surface area contributed by atoms with Crippen LogP contribution in [0.4, 0.5) is 4.79 Å². The van der Waals surface area contributed by atoms with Gasteiger partial charge in [0.15, 0.2) is 5.82 Å². The topological polar surface area (TPSA) is 137 Å². The molecule has 5 heterocycles. The lowest BCUT2D eigenvalue weighted by Gasteiger charge is -2.32. The van der Waals surface area contributed by atoms with E-state index in [1.54, 1.807) is 48.1 Å². The van der Waals surface area contributed by atoms with Gasteiger partial charge in [0.05, 0.1) is 33.3 Å². The Bertz CT molecular complexity index is 1690. The maximum atomic E-state index is 11.9.